The highest BCUT2D eigenvalue weighted by Crippen LogP contribution is 2.12. The van der Waals surface area contributed by atoms with E-state index < -0.39 is 0 Å². The van der Waals surface area contributed by atoms with Gasteiger partial charge in [-0.15, -0.1) is 0 Å². The van der Waals surface area contributed by atoms with Crippen molar-refractivity contribution in [1.82, 2.24) is 4.90 Å². The van der Waals surface area contributed by atoms with Crippen molar-refractivity contribution in [3.05, 3.63) is 0 Å². The number of piperidine rings is 1. The lowest BCUT2D eigenvalue weighted by Gasteiger charge is -2.25. The molecule has 1 saturated heterocycles. The van der Waals surface area contributed by atoms with Crippen molar-refractivity contribution in [2.75, 3.05) is 19.7 Å². The molecule has 140 valence electrons. The van der Waals surface area contributed by atoms with Crippen molar-refractivity contribution >= 4 is 11.9 Å². The Balaban J connectivity index is 1.84. The molecule has 0 radical (unpaired) electrons. The van der Waals surface area contributed by atoms with Crippen molar-refractivity contribution < 1.29 is 14.3 Å². The van der Waals surface area contributed by atoms with Crippen LogP contribution in [0, 0.1) is 0 Å². The zero-order chi connectivity index (χ0) is 17.5. The number of rotatable bonds is 14. The van der Waals surface area contributed by atoms with Crippen LogP contribution >= 0.6 is 0 Å². The van der Waals surface area contributed by atoms with E-state index in [2.05, 4.69) is 6.92 Å². The first-order chi connectivity index (χ1) is 11.7. The van der Waals surface area contributed by atoms with E-state index in [4.69, 9.17) is 4.74 Å². The van der Waals surface area contributed by atoms with Crippen molar-refractivity contribution in [2.24, 2.45) is 0 Å². The molecule has 0 atom stereocenters. The molecular formula is C20H37NO3. The highest BCUT2D eigenvalue weighted by Gasteiger charge is 2.20. The quantitative estimate of drug-likeness (QED) is 0.335. The molecule has 1 aliphatic heterocycles. The maximum Gasteiger partial charge on any atom is 0.325 e. The summed E-state index contributed by atoms with van der Waals surface area (Å²) in [6.45, 7) is 3.59. The van der Waals surface area contributed by atoms with E-state index in [1.165, 1.54) is 57.8 Å². The summed E-state index contributed by atoms with van der Waals surface area (Å²) in [4.78, 5) is 25.0. The molecule has 1 aliphatic rings. The second-order valence-electron chi connectivity index (χ2n) is 7.03. The van der Waals surface area contributed by atoms with Crippen LogP contribution in [-0.2, 0) is 14.3 Å². The van der Waals surface area contributed by atoms with E-state index in [1.807, 2.05) is 0 Å². The van der Waals surface area contributed by atoms with Gasteiger partial charge in [-0.2, -0.15) is 0 Å². The molecular weight excluding hydrogens is 302 g/mol. The zero-order valence-corrected chi connectivity index (χ0v) is 15.7. The number of hydrogen-bond acceptors (Lipinski definition) is 3. The van der Waals surface area contributed by atoms with Gasteiger partial charge in [-0.3, -0.25) is 9.59 Å². The number of hydrogen-bond donors (Lipinski definition) is 0. The maximum absolute atomic E-state index is 11.7. The summed E-state index contributed by atoms with van der Waals surface area (Å²) in [5, 5.41) is 0. The average molecular weight is 340 g/mol. The highest BCUT2D eigenvalue weighted by molar-refractivity contribution is 5.82. The third-order valence-electron chi connectivity index (χ3n) is 4.75. The molecule has 0 aromatic heterocycles. The summed E-state index contributed by atoms with van der Waals surface area (Å²) in [5.74, 6) is -0.162. The fourth-order valence-corrected chi connectivity index (χ4v) is 3.18. The SMILES string of the molecule is CCCCCCCCCCCCCOC(=O)CN1CCCCC1=O. The van der Waals surface area contributed by atoms with Gasteiger partial charge >= 0.3 is 5.97 Å². The van der Waals surface area contributed by atoms with Gasteiger partial charge < -0.3 is 9.64 Å². The van der Waals surface area contributed by atoms with Crippen LogP contribution in [0.1, 0.15) is 96.8 Å². The molecule has 1 amide bonds. The molecule has 1 heterocycles. The molecule has 1 fully saturated rings. The molecule has 0 saturated carbocycles. The average Bonchev–Trinajstić information content (AvgIpc) is 2.58. The van der Waals surface area contributed by atoms with Gasteiger partial charge in [0.2, 0.25) is 5.91 Å². The van der Waals surface area contributed by atoms with E-state index in [-0.39, 0.29) is 18.4 Å². The number of amides is 1. The van der Waals surface area contributed by atoms with Crippen LogP contribution in [0.15, 0.2) is 0 Å². The maximum atomic E-state index is 11.7. The first-order valence-electron chi connectivity index (χ1n) is 10.2. The summed E-state index contributed by atoms with van der Waals surface area (Å²) >= 11 is 0. The summed E-state index contributed by atoms with van der Waals surface area (Å²) < 4.78 is 5.24. The van der Waals surface area contributed by atoms with Gasteiger partial charge in [0.15, 0.2) is 0 Å². The van der Waals surface area contributed by atoms with E-state index >= 15 is 0 Å². The topological polar surface area (TPSA) is 46.6 Å². The molecule has 0 unspecified atom stereocenters. The minimum Gasteiger partial charge on any atom is -0.464 e. The minimum atomic E-state index is -0.252. The Labute approximate surface area is 148 Å². The third-order valence-corrected chi connectivity index (χ3v) is 4.75. The lowest BCUT2D eigenvalue weighted by Crippen LogP contribution is -2.39. The van der Waals surface area contributed by atoms with Crippen LogP contribution < -0.4 is 0 Å². The standard InChI is InChI=1S/C20H37NO3/c1-2-3-4-5-6-7-8-9-10-11-14-17-24-20(23)18-21-16-13-12-15-19(21)22/h2-18H2,1H3. The second-order valence-corrected chi connectivity index (χ2v) is 7.03. The number of esters is 1. The van der Waals surface area contributed by atoms with Crippen LogP contribution in [0.2, 0.25) is 0 Å². The number of carbonyl (C=O) groups is 2. The number of unbranched alkanes of at least 4 members (excludes halogenated alkanes) is 10. The summed E-state index contributed by atoms with van der Waals surface area (Å²) in [7, 11) is 0. The molecule has 4 heteroatoms. The Kier molecular flexibility index (Phi) is 12.5. The summed E-state index contributed by atoms with van der Waals surface area (Å²) in [6, 6.07) is 0. The number of carbonyl (C=O) groups excluding carboxylic acids is 2. The Bertz CT molecular complexity index is 344. The predicted octanol–water partition coefficient (Wildman–Crippen LogP) is 4.85. The third kappa shape index (κ3) is 10.7. The molecule has 0 N–H and O–H groups in total. The lowest BCUT2D eigenvalue weighted by atomic mass is 10.1. The Morgan fingerprint density at radius 1 is 0.917 bits per heavy atom. The molecule has 0 aromatic rings. The van der Waals surface area contributed by atoms with Gasteiger partial charge in [0.1, 0.15) is 6.54 Å². The molecule has 4 nitrogen and oxygen atoms in total. The van der Waals surface area contributed by atoms with Gasteiger partial charge in [-0.1, -0.05) is 71.1 Å². The summed E-state index contributed by atoms with van der Waals surface area (Å²) in [5.41, 5.74) is 0. The van der Waals surface area contributed by atoms with Gasteiger partial charge in [0.25, 0.3) is 0 Å². The number of ether oxygens (including phenoxy) is 1. The smallest absolute Gasteiger partial charge is 0.325 e. The van der Waals surface area contributed by atoms with Crippen LogP contribution in [-0.4, -0.2) is 36.5 Å². The van der Waals surface area contributed by atoms with Crippen LogP contribution in [0.25, 0.3) is 0 Å². The fraction of sp³-hybridized carbons (Fsp3) is 0.900. The monoisotopic (exact) mass is 339 g/mol. The molecule has 1 rings (SSSR count). The van der Waals surface area contributed by atoms with Crippen molar-refractivity contribution in [2.45, 2.75) is 96.8 Å². The second kappa shape index (κ2) is 14.3. The van der Waals surface area contributed by atoms with Crippen molar-refractivity contribution in [3.8, 4) is 0 Å². The minimum absolute atomic E-state index is 0.0906. The number of nitrogens with zero attached hydrogens (tertiary/aromatic N) is 1. The normalized spacial score (nSPS) is 14.9. The van der Waals surface area contributed by atoms with E-state index in [9.17, 15) is 9.59 Å². The first kappa shape index (κ1) is 21.0. The van der Waals surface area contributed by atoms with Crippen LogP contribution in [0.4, 0.5) is 0 Å². The first-order valence-corrected chi connectivity index (χ1v) is 10.2. The van der Waals surface area contributed by atoms with E-state index in [1.54, 1.807) is 4.90 Å². The van der Waals surface area contributed by atoms with E-state index in [0.717, 1.165) is 25.7 Å². The Morgan fingerprint density at radius 3 is 2.08 bits per heavy atom. The van der Waals surface area contributed by atoms with Crippen LogP contribution in [0.5, 0.6) is 0 Å². The van der Waals surface area contributed by atoms with Crippen molar-refractivity contribution in [1.29, 1.82) is 0 Å². The van der Waals surface area contributed by atoms with Crippen LogP contribution in [0.3, 0.4) is 0 Å². The van der Waals surface area contributed by atoms with E-state index in [0.29, 0.717) is 19.6 Å². The van der Waals surface area contributed by atoms with Gasteiger partial charge in [-0.05, 0) is 19.3 Å². The molecule has 24 heavy (non-hydrogen) atoms. The predicted molar refractivity (Wildman–Crippen MR) is 97.9 cm³/mol. The largest absolute Gasteiger partial charge is 0.464 e. The van der Waals surface area contributed by atoms with Gasteiger partial charge in [0.05, 0.1) is 6.61 Å². The Hall–Kier alpha value is -1.06. The highest BCUT2D eigenvalue weighted by atomic mass is 16.5. The Morgan fingerprint density at radius 2 is 1.50 bits per heavy atom. The van der Waals surface area contributed by atoms with Gasteiger partial charge in [0, 0.05) is 13.0 Å². The molecule has 0 bridgehead atoms. The molecule has 0 spiro atoms. The van der Waals surface area contributed by atoms with Gasteiger partial charge in [-0.25, -0.2) is 0 Å². The van der Waals surface area contributed by atoms with Crippen molar-refractivity contribution in [3.63, 3.8) is 0 Å². The lowest BCUT2D eigenvalue weighted by molar-refractivity contribution is -0.150. The zero-order valence-electron chi connectivity index (χ0n) is 15.7. The number of likely N-dealkylation sites (tertiary alicyclic amines) is 1. The molecule has 0 aliphatic carbocycles. The molecule has 0 aromatic carbocycles. The summed E-state index contributed by atoms with van der Waals surface area (Å²) in [6.07, 6.45) is 16.7. The fourth-order valence-electron chi connectivity index (χ4n) is 3.18.